The van der Waals surface area contributed by atoms with Gasteiger partial charge in [0.05, 0.1) is 19.9 Å². The van der Waals surface area contributed by atoms with Gasteiger partial charge in [0.15, 0.2) is 36.6 Å². The lowest BCUT2D eigenvalue weighted by atomic mass is 9.95. The van der Waals surface area contributed by atoms with Crippen molar-refractivity contribution in [2.24, 2.45) is 0 Å². The van der Waals surface area contributed by atoms with Gasteiger partial charge in [0.2, 0.25) is 30.7 Å². The summed E-state index contributed by atoms with van der Waals surface area (Å²) in [5, 5.41) is 24.6. The van der Waals surface area contributed by atoms with E-state index in [4.69, 9.17) is 120 Å². The molecule has 4 aromatic carbocycles. The second-order valence-electron chi connectivity index (χ2n) is 21.3. The summed E-state index contributed by atoms with van der Waals surface area (Å²) in [7, 11) is 2.15. The maximum Gasteiger partial charge on any atom is 0.414 e. The van der Waals surface area contributed by atoms with Crippen LogP contribution >= 0.6 is 58.0 Å². The van der Waals surface area contributed by atoms with Crippen LogP contribution in [0.15, 0.2) is 60.7 Å². The molecule has 3 N–H and O–H groups in total. The number of halogens is 5. The topological polar surface area (TPSA) is 333 Å². The van der Waals surface area contributed by atoms with E-state index in [9.17, 15) is 48.3 Å². The first-order valence-corrected chi connectivity index (χ1v) is 29.6. The molecule has 4 aliphatic rings. The van der Waals surface area contributed by atoms with Crippen molar-refractivity contribution in [3.05, 3.63) is 71.8 Å². The van der Waals surface area contributed by atoms with Gasteiger partial charge in [-0.3, -0.25) is 39.1 Å². The molecular weight excluding hydrogens is 1300 g/mol. The Kier molecular flexibility index (Phi) is 24.4. The fourth-order valence-electron chi connectivity index (χ4n) is 10.2. The molecule has 2 fully saturated rings. The van der Waals surface area contributed by atoms with Gasteiger partial charge in [0.25, 0.3) is 3.79 Å². The Bertz CT molecular complexity index is 3380. The molecule has 4 aliphatic heterocycles. The van der Waals surface area contributed by atoms with E-state index >= 15 is 0 Å². The molecule has 8 rings (SSSR count). The Balaban J connectivity index is 0.000000222. The number of fused-ring (bicyclic) bond motifs is 6. The van der Waals surface area contributed by atoms with Gasteiger partial charge >= 0.3 is 53.8 Å². The first-order valence-electron chi connectivity index (χ1n) is 27.4. The lowest BCUT2D eigenvalue weighted by molar-refractivity contribution is -0.285. The molecular formula is C59H66Cl5N3O23. The highest BCUT2D eigenvalue weighted by atomic mass is 35.6. The van der Waals surface area contributed by atoms with Crippen molar-refractivity contribution in [1.29, 1.82) is 5.41 Å². The van der Waals surface area contributed by atoms with E-state index in [2.05, 4.69) is 10.1 Å². The summed E-state index contributed by atoms with van der Waals surface area (Å²) in [5.74, 6) is -6.35. The summed E-state index contributed by atoms with van der Waals surface area (Å²) in [4.78, 5) is 110. The van der Waals surface area contributed by atoms with Crippen molar-refractivity contribution in [3.63, 3.8) is 0 Å². The quantitative estimate of drug-likeness (QED) is 0.0372. The number of amides is 1. The van der Waals surface area contributed by atoms with Crippen molar-refractivity contribution in [2.45, 2.75) is 145 Å². The minimum Gasteiger partial charge on any atom is -0.507 e. The summed E-state index contributed by atoms with van der Waals surface area (Å²) in [6, 6.07) is 18.5. The van der Waals surface area contributed by atoms with Crippen molar-refractivity contribution in [2.75, 3.05) is 49.3 Å². The fourth-order valence-corrected chi connectivity index (χ4v) is 10.9. The number of aromatic hydroxyl groups is 1. The third-order valence-electron chi connectivity index (χ3n) is 13.5. The number of alkyl halides is 5. The van der Waals surface area contributed by atoms with E-state index in [0.29, 0.717) is 36.3 Å². The summed E-state index contributed by atoms with van der Waals surface area (Å²) in [6.07, 6.45) is -15.9. The van der Waals surface area contributed by atoms with Gasteiger partial charge in [0.1, 0.15) is 17.1 Å². The molecule has 0 saturated carbocycles. The number of phenols is 1. The number of benzene rings is 4. The van der Waals surface area contributed by atoms with Gasteiger partial charge in [-0.15, -0.1) is 23.2 Å². The van der Waals surface area contributed by atoms with E-state index in [-0.39, 0.29) is 17.6 Å². The second-order valence-corrected chi connectivity index (χ2v) is 24.2. The zero-order valence-electron chi connectivity index (χ0n) is 50.3. The molecule has 1 amide bonds. The van der Waals surface area contributed by atoms with Crippen LogP contribution in [0, 0.1) is 5.41 Å². The van der Waals surface area contributed by atoms with Crippen molar-refractivity contribution in [1.82, 2.24) is 0 Å². The van der Waals surface area contributed by atoms with Gasteiger partial charge in [-0.1, -0.05) is 83.3 Å². The first kappa shape index (κ1) is 71.7. The summed E-state index contributed by atoms with van der Waals surface area (Å²) in [6.45, 7) is 13.1. The number of phenolic OH excluding ortho intramolecular Hbond substituents is 1. The Morgan fingerprint density at radius 1 is 0.589 bits per heavy atom. The minimum atomic E-state index is -2.32. The van der Waals surface area contributed by atoms with Crippen LogP contribution in [0.3, 0.4) is 0 Å². The molecule has 0 radical (unpaired) electrons. The number of hydrogen-bond donors (Lipinski definition) is 3. The number of anilines is 2. The second kappa shape index (κ2) is 30.7. The smallest absolute Gasteiger partial charge is 0.414 e. The van der Waals surface area contributed by atoms with Crippen molar-refractivity contribution in [3.8, 4) is 11.5 Å². The van der Waals surface area contributed by atoms with Crippen LogP contribution in [0.2, 0.25) is 0 Å². The van der Waals surface area contributed by atoms with Gasteiger partial charge in [-0.05, 0) is 42.7 Å². The molecule has 0 spiro atoms. The molecule has 4 aromatic rings. The number of carbonyl (C=O) groups excluding carboxylic acids is 9. The summed E-state index contributed by atoms with van der Waals surface area (Å²) in [5.41, 5.74) is 2.96. The number of esters is 8. The maximum absolute atomic E-state index is 12.7. The number of hydrogen-bond acceptors (Lipinski definition) is 25. The molecule has 0 aliphatic carbocycles. The lowest BCUT2D eigenvalue weighted by Crippen LogP contribution is -2.64. The van der Waals surface area contributed by atoms with Crippen LogP contribution < -0.4 is 15.0 Å². The minimum absolute atomic E-state index is 0.0182. The van der Waals surface area contributed by atoms with Crippen LogP contribution in [0.4, 0.5) is 16.2 Å². The Hall–Kier alpha value is -7.33. The van der Waals surface area contributed by atoms with Crippen LogP contribution in [0.5, 0.6) is 11.5 Å². The van der Waals surface area contributed by atoms with Gasteiger partial charge in [-0.2, -0.15) is 0 Å². The molecule has 490 valence electrons. The Morgan fingerprint density at radius 3 is 1.46 bits per heavy atom. The predicted octanol–water partition coefficient (Wildman–Crippen LogP) is 8.33. The standard InChI is InChI=1S/C26H28ClNO10.C18H20ClNO3.C15H18Cl3NO10/c1-12(29)34-21-22(35-13(2)30)24(36-14(3)31)26(38-23(21)25(32)33-4)37-19-9-18-20(15(10-27)11-28-18)17-8-6-5-7-16(17)19;1-18(2,3)23-17(22)20-10-11(9-19)16-13-7-5-4-6-12(13)15(21)8-14(16)20;1-5(20)25-8-9(26-6(2)21)11(27-7(3)22)13(28-10(8)12(23)24-4)29-14(19)15(16,17)18/h5-9,15,21-24,26,28H,10-11H2,1-4H3;4-8,11,21H,9-10H2,1-3H3;8-11,13,19H,1-4H3/t15-,21+,22+,23+,24-,26?;11-;8-,9-,10-,11+,13?/m110/s1. The number of carbonyl (C=O) groups is 9. The van der Waals surface area contributed by atoms with Crippen LogP contribution in [0.25, 0.3) is 21.5 Å². The zero-order chi connectivity index (χ0) is 66.9. The average molecular weight is 1360 g/mol. The zero-order valence-corrected chi connectivity index (χ0v) is 54.1. The van der Waals surface area contributed by atoms with Crippen molar-refractivity contribution >= 4 is 151 Å². The summed E-state index contributed by atoms with van der Waals surface area (Å²) < 4.78 is 66.7. The number of nitrogens with one attached hydrogen (secondary N) is 2. The maximum atomic E-state index is 12.7. The number of rotatable bonds is 13. The largest absolute Gasteiger partial charge is 0.507 e. The molecule has 12 atom stereocenters. The molecule has 2 unspecified atom stereocenters. The van der Waals surface area contributed by atoms with E-state index in [1.165, 1.54) is 0 Å². The molecule has 31 heteroatoms. The molecule has 4 heterocycles. The van der Waals surface area contributed by atoms with Crippen molar-refractivity contribution < 1.29 is 110 Å². The Morgan fingerprint density at radius 2 is 1.01 bits per heavy atom. The molecule has 90 heavy (non-hydrogen) atoms. The number of methoxy groups -OCH3 is 2. The molecule has 26 nitrogen and oxygen atoms in total. The monoisotopic (exact) mass is 1360 g/mol. The van der Waals surface area contributed by atoms with Gasteiger partial charge < -0.3 is 72.0 Å². The normalized spacial score (nSPS) is 24.0. The van der Waals surface area contributed by atoms with Crippen LogP contribution in [-0.4, -0.2) is 175 Å². The lowest BCUT2D eigenvalue weighted by Gasteiger charge is -2.43. The van der Waals surface area contributed by atoms with Crippen LogP contribution in [0.1, 0.15) is 85.3 Å². The molecule has 0 bridgehead atoms. The number of nitrogens with zero attached hydrogens (tertiary/aromatic N) is 1. The molecule has 0 aromatic heterocycles. The van der Waals surface area contributed by atoms with E-state index in [1.807, 2.05) is 69.3 Å². The fraction of sp³-hybridized carbons (Fsp3) is 0.492. The van der Waals surface area contributed by atoms with Crippen LogP contribution in [-0.2, 0) is 95.2 Å². The average Bonchev–Trinajstić information content (AvgIpc) is 1.48. The van der Waals surface area contributed by atoms with E-state index in [1.54, 1.807) is 17.0 Å². The van der Waals surface area contributed by atoms with E-state index < -0.39 is 131 Å². The highest BCUT2D eigenvalue weighted by molar-refractivity contribution is 6.76. The van der Waals surface area contributed by atoms with Gasteiger partial charge in [-0.25, -0.2) is 14.4 Å². The highest BCUT2D eigenvalue weighted by Crippen LogP contribution is 2.47. The molecule has 2 saturated heterocycles. The Labute approximate surface area is 540 Å². The third kappa shape index (κ3) is 17.6. The SMILES string of the molecule is CC(C)(C)OC(=O)N1C[C@@H](CCl)c2c1cc(O)c1ccccc21.COC(=O)[C@H]1OC(OC(=N)C(Cl)(Cl)Cl)[C@H](OC(C)=O)[C@@H](OC(C)=O)[C@@H]1OC(C)=O.COC(=O)[C@H]1OC(Oc2cc3c(c4ccccc24)[C@H](CCl)CN3)[C@H](OC(C)=O)[C@@H](OC(C)=O)[C@@H]1OC(C)=O. The third-order valence-corrected chi connectivity index (χ3v) is 14.8. The van der Waals surface area contributed by atoms with E-state index in [0.717, 1.165) is 94.1 Å². The first-order chi connectivity index (χ1) is 42.2. The van der Waals surface area contributed by atoms with Gasteiger partial charge in [0, 0.05) is 107 Å². The number of ether oxygens (including phenoxy) is 13. The predicted molar refractivity (Wildman–Crippen MR) is 323 cm³/mol. The highest BCUT2D eigenvalue weighted by Gasteiger charge is 2.58. The summed E-state index contributed by atoms with van der Waals surface area (Å²) >= 11 is 29.1.